The van der Waals surface area contributed by atoms with Gasteiger partial charge in [-0.05, 0) is 12.0 Å². The minimum atomic E-state index is -2.91. The number of rotatable bonds is 3. The third-order valence-electron chi connectivity index (χ3n) is 3.60. The Kier molecular flexibility index (Phi) is 5.12. The molecule has 1 aromatic rings. The van der Waals surface area contributed by atoms with E-state index in [0.29, 0.717) is 0 Å². The third-order valence-corrected chi connectivity index (χ3v) is 3.60. The van der Waals surface area contributed by atoms with Crippen LogP contribution in [0.1, 0.15) is 18.4 Å². The Morgan fingerprint density at radius 2 is 2.05 bits per heavy atom. The number of nitrogens with zero attached hydrogens (tertiary/aromatic N) is 1. The van der Waals surface area contributed by atoms with Gasteiger partial charge in [-0.2, -0.15) is 0 Å². The molecule has 1 aliphatic heterocycles. The number of carbonyl (C=O) groups is 1. The summed E-state index contributed by atoms with van der Waals surface area (Å²) in [6.45, 7) is 0.322. The number of benzene rings is 1. The van der Waals surface area contributed by atoms with Gasteiger partial charge in [-0.25, -0.2) is 13.6 Å². The second kappa shape index (κ2) is 6.85. The van der Waals surface area contributed by atoms with Crippen LogP contribution in [0.5, 0.6) is 0 Å². The van der Waals surface area contributed by atoms with E-state index in [0.717, 1.165) is 5.56 Å². The van der Waals surface area contributed by atoms with E-state index in [1.54, 1.807) is 0 Å². The number of likely N-dealkylation sites (tertiary alicyclic amines) is 1. The van der Waals surface area contributed by atoms with Gasteiger partial charge < -0.3 is 14.4 Å². The van der Waals surface area contributed by atoms with Crippen molar-refractivity contribution in [3.8, 4) is 0 Å². The Morgan fingerprint density at radius 1 is 1.33 bits per heavy atom. The summed E-state index contributed by atoms with van der Waals surface area (Å²) < 4.78 is 37.4. The van der Waals surface area contributed by atoms with E-state index in [1.807, 2.05) is 30.3 Å². The van der Waals surface area contributed by atoms with E-state index in [4.69, 9.17) is 9.47 Å². The molecule has 116 valence electrons. The fourth-order valence-electron chi connectivity index (χ4n) is 2.32. The summed E-state index contributed by atoms with van der Waals surface area (Å²) >= 11 is 0. The zero-order chi connectivity index (χ0) is 15.3. The molecule has 1 saturated heterocycles. The van der Waals surface area contributed by atoms with Gasteiger partial charge in [0.1, 0.15) is 12.7 Å². The van der Waals surface area contributed by atoms with Crippen LogP contribution in [0.4, 0.5) is 13.6 Å². The lowest BCUT2D eigenvalue weighted by atomic mass is 10.1. The van der Waals surface area contributed by atoms with Crippen LogP contribution in [-0.2, 0) is 16.1 Å². The summed E-state index contributed by atoms with van der Waals surface area (Å²) in [4.78, 5) is 13.3. The van der Waals surface area contributed by atoms with Gasteiger partial charge in [-0.1, -0.05) is 30.3 Å². The molecule has 6 heteroatoms. The zero-order valence-corrected chi connectivity index (χ0v) is 11.9. The highest BCUT2D eigenvalue weighted by Gasteiger charge is 2.42. The van der Waals surface area contributed by atoms with Crippen LogP contribution in [0.15, 0.2) is 30.3 Å². The maximum Gasteiger partial charge on any atom is 0.410 e. The predicted octanol–water partition coefficient (Wildman–Crippen LogP) is 3.07. The van der Waals surface area contributed by atoms with Crippen molar-refractivity contribution in [3.05, 3.63) is 35.9 Å². The predicted molar refractivity (Wildman–Crippen MR) is 73.2 cm³/mol. The Balaban J connectivity index is 1.88. The third kappa shape index (κ3) is 4.14. The van der Waals surface area contributed by atoms with E-state index < -0.39 is 24.5 Å². The molecule has 2 rings (SSSR count). The first-order chi connectivity index (χ1) is 10.0. The molecule has 0 N–H and O–H groups in total. The number of ether oxygens (including phenoxy) is 2. The molecule has 21 heavy (non-hydrogen) atoms. The van der Waals surface area contributed by atoms with Gasteiger partial charge in [-0.3, -0.25) is 0 Å². The Hall–Kier alpha value is -1.69. The van der Waals surface area contributed by atoms with Gasteiger partial charge in [0.05, 0.1) is 0 Å². The van der Waals surface area contributed by atoms with Crippen molar-refractivity contribution in [2.75, 3.05) is 20.2 Å². The van der Waals surface area contributed by atoms with Gasteiger partial charge in [0, 0.05) is 26.6 Å². The first kappa shape index (κ1) is 15.7. The minimum absolute atomic E-state index is 0.0273. The number of alkyl halides is 2. The molecule has 0 bridgehead atoms. The highest BCUT2D eigenvalue weighted by atomic mass is 19.3. The Bertz CT molecular complexity index is 467. The molecule has 1 amide bonds. The first-order valence-electron chi connectivity index (χ1n) is 6.89. The molecular weight excluding hydrogens is 280 g/mol. The number of halogens is 2. The highest BCUT2D eigenvalue weighted by molar-refractivity contribution is 5.67. The molecule has 1 heterocycles. The van der Waals surface area contributed by atoms with Crippen molar-refractivity contribution in [1.29, 1.82) is 0 Å². The topological polar surface area (TPSA) is 38.8 Å². The number of hydrogen-bond acceptors (Lipinski definition) is 3. The van der Waals surface area contributed by atoms with Crippen molar-refractivity contribution in [2.24, 2.45) is 0 Å². The molecule has 0 radical (unpaired) electrons. The summed E-state index contributed by atoms with van der Waals surface area (Å²) in [6, 6.07) is 9.24. The van der Waals surface area contributed by atoms with Crippen LogP contribution in [0, 0.1) is 0 Å². The van der Waals surface area contributed by atoms with Crippen molar-refractivity contribution < 1.29 is 23.0 Å². The summed E-state index contributed by atoms with van der Waals surface area (Å²) in [5, 5.41) is 0. The van der Waals surface area contributed by atoms with Crippen molar-refractivity contribution in [2.45, 2.75) is 31.5 Å². The number of hydrogen-bond donors (Lipinski definition) is 0. The fraction of sp³-hybridized carbons (Fsp3) is 0.533. The molecule has 1 aromatic carbocycles. The van der Waals surface area contributed by atoms with Crippen LogP contribution < -0.4 is 0 Å². The smallest absolute Gasteiger partial charge is 0.410 e. The SMILES string of the molecule is COC1CCN(C(=O)OCc2ccccc2)CCC1(F)F. The van der Waals surface area contributed by atoms with Crippen LogP contribution in [-0.4, -0.2) is 43.2 Å². The zero-order valence-electron chi connectivity index (χ0n) is 11.9. The van der Waals surface area contributed by atoms with Crippen molar-refractivity contribution >= 4 is 6.09 Å². The summed E-state index contributed by atoms with van der Waals surface area (Å²) in [5.74, 6) is -2.91. The van der Waals surface area contributed by atoms with E-state index >= 15 is 0 Å². The van der Waals surface area contributed by atoms with E-state index in [2.05, 4.69) is 0 Å². The quantitative estimate of drug-likeness (QED) is 0.861. The Labute approximate surface area is 122 Å². The molecule has 0 spiro atoms. The average Bonchev–Trinajstić information content (AvgIpc) is 2.64. The molecule has 1 fully saturated rings. The number of amides is 1. The van der Waals surface area contributed by atoms with Gasteiger partial charge in [0.15, 0.2) is 0 Å². The second-order valence-corrected chi connectivity index (χ2v) is 5.05. The van der Waals surface area contributed by atoms with Gasteiger partial charge >= 0.3 is 6.09 Å². The molecule has 1 aliphatic rings. The monoisotopic (exact) mass is 299 g/mol. The lowest BCUT2D eigenvalue weighted by Gasteiger charge is -2.22. The summed E-state index contributed by atoms with van der Waals surface area (Å²) in [7, 11) is 1.27. The first-order valence-corrected chi connectivity index (χ1v) is 6.89. The number of methoxy groups -OCH3 is 1. The summed E-state index contributed by atoms with van der Waals surface area (Å²) in [6.07, 6.45) is -2.02. The standard InChI is InChI=1S/C15H19F2NO3/c1-20-13-7-9-18(10-8-15(13,16)17)14(19)21-11-12-5-3-2-4-6-12/h2-6,13H,7-11H2,1H3. The molecule has 0 saturated carbocycles. The van der Waals surface area contributed by atoms with Gasteiger partial charge in [0.25, 0.3) is 5.92 Å². The van der Waals surface area contributed by atoms with Gasteiger partial charge in [0.2, 0.25) is 0 Å². The van der Waals surface area contributed by atoms with Crippen LogP contribution in [0.2, 0.25) is 0 Å². The van der Waals surface area contributed by atoms with E-state index in [1.165, 1.54) is 12.0 Å². The average molecular weight is 299 g/mol. The maximum absolute atomic E-state index is 13.7. The van der Waals surface area contributed by atoms with Crippen molar-refractivity contribution in [3.63, 3.8) is 0 Å². The molecular formula is C15H19F2NO3. The second-order valence-electron chi connectivity index (χ2n) is 5.05. The van der Waals surface area contributed by atoms with Crippen LogP contribution in [0.3, 0.4) is 0 Å². The van der Waals surface area contributed by atoms with Crippen LogP contribution >= 0.6 is 0 Å². The summed E-state index contributed by atoms with van der Waals surface area (Å²) in [5.41, 5.74) is 0.862. The van der Waals surface area contributed by atoms with E-state index in [9.17, 15) is 13.6 Å². The molecule has 4 nitrogen and oxygen atoms in total. The van der Waals surface area contributed by atoms with Crippen molar-refractivity contribution in [1.82, 2.24) is 4.90 Å². The fourth-order valence-corrected chi connectivity index (χ4v) is 2.32. The van der Waals surface area contributed by atoms with Crippen LogP contribution in [0.25, 0.3) is 0 Å². The maximum atomic E-state index is 13.7. The molecule has 1 unspecified atom stereocenters. The van der Waals surface area contributed by atoms with E-state index in [-0.39, 0.29) is 26.1 Å². The minimum Gasteiger partial charge on any atom is -0.445 e. The molecule has 0 aromatic heterocycles. The number of carbonyl (C=O) groups excluding carboxylic acids is 1. The molecule has 0 aliphatic carbocycles. The highest BCUT2D eigenvalue weighted by Crippen LogP contribution is 2.30. The largest absolute Gasteiger partial charge is 0.445 e. The lowest BCUT2D eigenvalue weighted by molar-refractivity contribution is -0.124. The Morgan fingerprint density at radius 3 is 2.71 bits per heavy atom. The lowest BCUT2D eigenvalue weighted by Crippen LogP contribution is -2.34. The van der Waals surface area contributed by atoms with Gasteiger partial charge in [-0.15, -0.1) is 0 Å². The molecule has 1 atom stereocenters. The normalized spacial score (nSPS) is 21.7.